The fraction of sp³-hybridized carbons (Fsp3) is 0.0769. The first-order chi connectivity index (χ1) is 9.76. The first-order valence-corrected chi connectivity index (χ1v) is 6.18. The Labute approximate surface area is 119 Å². The van der Waals surface area contributed by atoms with Crippen molar-refractivity contribution in [1.29, 1.82) is 0 Å². The van der Waals surface area contributed by atoms with Crippen LogP contribution in [0.2, 0.25) is 5.02 Å². The van der Waals surface area contributed by atoms with E-state index in [0.717, 1.165) is 5.69 Å². The molecule has 6 nitrogen and oxygen atoms in total. The second-order valence-corrected chi connectivity index (χ2v) is 4.38. The van der Waals surface area contributed by atoms with Gasteiger partial charge in [-0.15, -0.1) is 0 Å². The van der Waals surface area contributed by atoms with Crippen LogP contribution in [0.1, 0.15) is 0 Å². The zero-order valence-electron chi connectivity index (χ0n) is 10.5. The quantitative estimate of drug-likeness (QED) is 0.798. The summed E-state index contributed by atoms with van der Waals surface area (Å²) in [5.74, 6) is 0.949. The molecule has 3 aromatic rings. The third-order valence-electron chi connectivity index (χ3n) is 2.62. The summed E-state index contributed by atoms with van der Waals surface area (Å²) >= 11 is 5.96. The predicted molar refractivity (Wildman–Crippen MR) is 76.4 cm³/mol. The van der Waals surface area contributed by atoms with Gasteiger partial charge in [-0.05, 0) is 18.2 Å². The van der Waals surface area contributed by atoms with E-state index in [0.29, 0.717) is 27.9 Å². The molecule has 2 heterocycles. The summed E-state index contributed by atoms with van der Waals surface area (Å²) in [5.41, 5.74) is 1.83. The standard InChI is InChI=1S/C13H10ClN5O/c1-20-10-6-15-12-11(19-10)13(17-7-16-12)18-9-4-2-3-8(14)5-9/h2-7H,1H3,(H,15,16,17,18). The zero-order valence-corrected chi connectivity index (χ0v) is 11.3. The summed E-state index contributed by atoms with van der Waals surface area (Å²) < 4.78 is 5.07. The van der Waals surface area contributed by atoms with Crippen LogP contribution in [0.4, 0.5) is 11.5 Å². The summed E-state index contributed by atoms with van der Waals surface area (Å²) in [6.07, 6.45) is 2.94. The molecule has 0 fully saturated rings. The van der Waals surface area contributed by atoms with Gasteiger partial charge >= 0.3 is 0 Å². The fourth-order valence-electron chi connectivity index (χ4n) is 1.72. The van der Waals surface area contributed by atoms with Crippen molar-refractivity contribution >= 4 is 34.3 Å². The average molecular weight is 288 g/mol. The lowest BCUT2D eigenvalue weighted by molar-refractivity contribution is 0.397. The van der Waals surface area contributed by atoms with Gasteiger partial charge in [-0.1, -0.05) is 17.7 Å². The average Bonchev–Trinajstić information content (AvgIpc) is 2.47. The molecule has 0 aliphatic carbocycles. The number of ether oxygens (including phenoxy) is 1. The van der Waals surface area contributed by atoms with E-state index in [2.05, 4.69) is 25.3 Å². The highest BCUT2D eigenvalue weighted by molar-refractivity contribution is 6.30. The minimum absolute atomic E-state index is 0.404. The monoisotopic (exact) mass is 287 g/mol. The van der Waals surface area contributed by atoms with Gasteiger partial charge < -0.3 is 10.1 Å². The highest BCUT2D eigenvalue weighted by Gasteiger charge is 2.08. The van der Waals surface area contributed by atoms with Crippen LogP contribution in [0.3, 0.4) is 0 Å². The Hall–Kier alpha value is -2.47. The molecule has 3 rings (SSSR count). The Balaban J connectivity index is 2.06. The lowest BCUT2D eigenvalue weighted by Crippen LogP contribution is -2.00. The Kier molecular flexibility index (Phi) is 3.30. The van der Waals surface area contributed by atoms with E-state index >= 15 is 0 Å². The number of nitrogens with one attached hydrogen (secondary N) is 1. The van der Waals surface area contributed by atoms with Crippen molar-refractivity contribution in [3.8, 4) is 5.88 Å². The lowest BCUT2D eigenvalue weighted by atomic mass is 10.3. The maximum Gasteiger partial charge on any atom is 0.232 e. The van der Waals surface area contributed by atoms with E-state index < -0.39 is 0 Å². The molecular formula is C13H10ClN5O. The maximum atomic E-state index is 5.96. The van der Waals surface area contributed by atoms with Crippen molar-refractivity contribution in [2.45, 2.75) is 0 Å². The number of hydrogen-bond donors (Lipinski definition) is 1. The molecule has 0 saturated carbocycles. The molecule has 0 aliphatic heterocycles. The first kappa shape index (κ1) is 12.6. The van der Waals surface area contributed by atoms with Gasteiger partial charge in [-0.25, -0.2) is 19.9 Å². The molecule has 2 aromatic heterocycles. The zero-order chi connectivity index (χ0) is 13.9. The van der Waals surface area contributed by atoms with Crippen LogP contribution in [0.25, 0.3) is 11.2 Å². The van der Waals surface area contributed by atoms with Gasteiger partial charge in [0.05, 0.1) is 13.3 Å². The third-order valence-corrected chi connectivity index (χ3v) is 2.85. The molecule has 7 heteroatoms. The van der Waals surface area contributed by atoms with Crippen LogP contribution in [-0.2, 0) is 0 Å². The van der Waals surface area contributed by atoms with Crippen LogP contribution in [0, 0.1) is 0 Å². The molecule has 0 aliphatic rings. The van der Waals surface area contributed by atoms with E-state index in [1.165, 1.54) is 19.6 Å². The smallest absolute Gasteiger partial charge is 0.232 e. The van der Waals surface area contributed by atoms with Gasteiger partial charge in [-0.2, -0.15) is 0 Å². The third kappa shape index (κ3) is 2.46. The lowest BCUT2D eigenvalue weighted by Gasteiger charge is -2.08. The fourth-order valence-corrected chi connectivity index (χ4v) is 1.91. The highest BCUT2D eigenvalue weighted by Crippen LogP contribution is 2.23. The SMILES string of the molecule is COc1cnc2ncnc(Nc3cccc(Cl)c3)c2n1. The van der Waals surface area contributed by atoms with E-state index in [1.54, 1.807) is 12.1 Å². The van der Waals surface area contributed by atoms with Crippen LogP contribution in [-0.4, -0.2) is 27.0 Å². The van der Waals surface area contributed by atoms with Crippen molar-refractivity contribution in [2.24, 2.45) is 0 Å². The number of methoxy groups -OCH3 is 1. The molecule has 1 N–H and O–H groups in total. The number of nitrogens with zero attached hydrogens (tertiary/aromatic N) is 4. The summed E-state index contributed by atoms with van der Waals surface area (Å²) in [6.45, 7) is 0. The molecule has 0 amide bonds. The van der Waals surface area contributed by atoms with Crippen LogP contribution in [0.15, 0.2) is 36.8 Å². The summed E-state index contributed by atoms with van der Waals surface area (Å²) in [4.78, 5) is 16.7. The maximum absolute atomic E-state index is 5.96. The van der Waals surface area contributed by atoms with E-state index in [1.807, 2.05) is 12.1 Å². The second-order valence-electron chi connectivity index (χ2n) is 3.94. The van der Waals surface area contributed by atoms with Gasteiger partial charge in [0.25, 0.3) is 0 Å². The molecule has 0 unspecified atom stereocenters. The van der Waals surface area contributed by atoms with Gasteiger partial charge in [0, 0.05) is 10.7 Å². The number of aromatic nitrogens is 4. The van der Waals surface area contributed by atoms with Gasteiger partial charge in [0.15, 0.2) is 17.0 Å². The number of hydrogen-bond acceptors (Lipinski definition) is 6. The molecule has 0 spiro atoms. The number of anilines is 2. The molecule has 0 bridgehead atoms. The van der Waals surface area contributed by atoms with Crippen molar-refractivity contribution < 1.29 is 4.74 Å². The van der Waals surface area contributed by atoms with Gasteiger partial charge in [0.1, 0.15) is 6.33 Å². The number of benzene rings is 1. The largest absolute Gasteiger partial charge is 0.480 e. The van der Waals surface area contributed by atoms with Gasteiger partial charge in [-0.3, -0.25) is 0 Å². The molecule has 1 aromatic carbocycles. The van der Waals surface area contributed by atoms with E-state index in [4.69, 9.17) is 16.3 Å². The van der Waals surface area contributed by atoms with Crippen LogP contribution < -0.4 is 10.1 Å². The Morgan fingerprint density at radius 2 is 2.10 bits per heavy atom. The Bertz CT molecular complexity index is 765. The van der Waals surface area contributed by atoms with E-state index in [-0.39, 0.29) is 0 Å². The normalized spacial score (nSPS) is 10.5. The molecule has 0 radical (unpaired) electrons. The molecule has 0 saturated heterocycles. The molecule has 0 atom stereocenters. The van der Waals surface area contributed by atoms with Crippen LogP contribution in [0.5, 0.6) is 5.88 Å². The molecular weight excluding hydrogens is 278 g/mol. The van der Waals surface area contributed by atoms with Crippen molar-refractivity contribution in [1.82, 2.24) is 19.9 Å². The Morgan fingerprint density at radius 3 is 2.90 bits per heavy atom. The molecule has 100 valence electrons. The molecule has 20 heavy (non-hydrogen) atoms. The summed E-state index contributed by atoms with van der Waals surface area (Å²) in [6, 6.07) is 7.32. The minimum atomic E-state index is 0.404. The first-order valence-electron chi connectivity index (χ1n) is 5.80. The number of halogens is 1. The van der Waals surface area contributed by atoms with Crippen LogP contribution >= 0.6 is 11.6 Å². The van der Waals surface area contributed by atoms with Crippen molar-refractivity contribution in [3.63, 3.8) is 0 Å². The second kappa shape index (κ2) is 5.26. The number of rotatable bonds is 3. The topological polar surface area (TPSA) is 72.8 Å². The van der Waals surface area contributed by atoms with Crippen molar-refractivity contribution in [2.75, 3.05) is 12.4 Å². The minimum Gasteiger partial charge on any atom is -0.480 e. The Morgan fingerprint density at radius 1 is 1.20 bits per heavy atom. The van der Waals surface area contributed by atoms with E-state index in [9.17, 15) is 0 Å². The van der Waals surface area contributed by atoms with Crippen molar-refractivity contribution in [3.05, 3.63) is 41.8 Å². The summed E-state index contributed by atoms with van der Waals surface area (Å²) in [5, 5.41) is 3.78. The summed E-state index contributed by atoms with van der Waals surface area (Å²) in [7, 11) is 1.53. The van der Waals surface area contributed by atoms with Gasteiger partial charge in [0.2, 0.25) is 5.88 Å². The highest BCUT2D eigenvalue weighted by atomic mass is 35.5. The predicted octanol–water partition coefficient (Wildman–Crippen LogP) is 2.83. The number of fused-ring (bicyclic) bond motifs is 1.